The summed E-state index contributed by atoms with van der Waals surface area (Å²) in [4.78, 5) is 31.4. The molecule has 0 saturated carbocycles. The number of benzene rings is 2. The molecule has 0 unspecified atom stereocenters. The number of methoxy groups -OCH3 is 1. The lowest BCUT2D eigenvalue weighted by atomic mass is 10.2. The summed E-state index contributed by atoms with van der Waals surface area (Å²) in [6, 6.07) is 11.8. The molecule has 0 fully saturated rings. The molecule has 0 bridgehead atoms. The third-order valence-electron chi connectivity index (χ3n) is 3.37. The van der Waals surface area contributed by atoms with Gasteiger partial charge >= 0.3 is 0 Å². The molecule has 1 heterocycles. The first kappa shape index (κ1) is 17.3. The van der Waals surface area contributed by atoms with Crippen LogP contribution in [-0.2, 0) is 4.79 Å². The zero-order valence-electron chi connectivity index (χ0n) is 13.2. The Morgan fingerprint density at radius 2 is 2.00 bits per heavy atom. The van der Waals surface area contributed by atoms with Gasteiger partial charge in [-0.3, -0.25) is 14.9 Å². The number of amides is 2. The molecule has 128 valence electrons. The van der Waals surface area contributed by atoms with Gasteiger partial charge in [-0.25, -0.2) is 4.98 Å². The number of hydrogen-bond acceptors (Lipinski definition) is 5. The Morgan fingerprint density at radius 1 is 1.24 bits per heavy atom. The average Bonchev–Trinajstić information content (AvgIpc) is 3.02. The van der Waals surface area contributed by atoms with Crippen LogP contribution >= 0.6 is 23.4 Å². The molecule has 0 spiro atoms. The molecule has 0 radical (unpaired) electrons. The van der Waals surface area contributed by atoms with Crippen molar-refractivity contribution in [2.24, 2.45) is 0 Å². The molecule has 0 atom stereocenters. The molecule has 6 nitrogen and oxygen atoms in total. The van der Waals surface area contributed by atoms with Crippen molar-refractivity contribution >= 4 is 46.2 Å². The van der Waals surface area contributed by atoms with E-state index in [0.717, 1.165) is 11.0 Å². The molecule has 3 rings (SSSR count). The van der Waals surface area contributed by atoms with Crippen LogP contribution in [0.2, 0.25) is 5.02 Å². The van der Waals surface area contributed by atoms with E-state index in [9.17, 15) is 9.59 Å². The summed E-state index contributed by atoms with van der Waals surface area (Å²) in [7, 11) is 1.54. The smallest absolute Gasteiger partial charge is 0.257 e. The molecule has 2 amide bonds. The Kier molecular flexibility index (Phi) is 5.25. The van der Waals surface area contributed by atoms with E-state index in [1.54, 1.807) is 49.6 Å². The molecule has 8 heteroatoms. The number of fused-ring (bicyclic) bond motifs is 1. The van der Waals surface area contributed by atoms with Crippen LogP contribution in [0.25, 0.3) is 11.0 Å². The van der Waals surface area contributed by atoms with Gasteiger partial charge in [0.05, 0.1) is 23.9 Å². The van der Waals surface area contributed by atoms with Gasteiger partial charge in [0, 0.05) is 10.6 Å². The van der Waals surface area contributed by atoms with E-state index in [2.05, 4.69) is 15.3 Å². The minimum atomic E-state index is -0.454. The van der Waals surface area contributed by atoms with Gasteiger partial charge in [-0.15, -0.1) is 0 Å². The lowest BCUT2D eigenvalue weighted by Gasteiger charge is -2.04. The number of carbonyl (C=O) groups is 2. The van der Waals surface area contributed by atoms with Gasteiger partial charge in [-0.1, -0.05) is 23.4 Å². The van der Waals surface area contributed by atoms with Gasteiger partial charge in [0.25, 0.3) is 5.91 Å². The second-order valence-corrected chi connectivity index (χ2v) is 6.50. The minimum absolute atomic E-state index is 0.0649. The van der Waals surface area contributed by atoms with E-state index in [-0.39, 0.29) is 5.75 Å². The zero-order valence-corrected chi connectivity index (χ0v) is 14.8. The number of imide groups is 1. The highest BCUT2D eigenvalue weighted by molar-refractivity contribution is 7.99. The fourth-order valence-corrected chi connectivity index (χ4v) is 3.00. The van der Waals surface area contributed by atoms with Gasteiger partial charge < -0.3 is 9.72 Å². The number of hydrogen-bond donors (Lipinski definition) is 2. The van der Waals surface area contributed by atoms with E-state index in [1.807, 2.05) is 0 Å². The molecule has 1 aromatic heterocycles. The highest BCUT2D eigenvalue weighted by Crippen LogP contribution is 2.22. The van der Waals surface area contributed by atoms with Crippen LogP contribution in [-0.4, -0.2) is 34.6 Å². The van der Waals surface area contributed by atoms with Crippen LogP contribution in [0.15, 0.2) is 47.6 Å². The average molecular weight is 376 g/mol. The number of thioether (sulfide) groups is 1. The van der Waals surface area contributed by atoms with E-state index >= 15 is 0 Å². The van der Waals surface area contributed by atoms with Crippen molar-refractivity contribution in [3.05, 3.63) is 53.1 Å². The largest absolute Gasteiger partial charge is 0.497 e. The molecule has 3 aromatic rings. The molecule has 0 saturated heterocycles. The van der Waals surface area contributed by atoms with Crippen molar-refractivity contribution in [1.82, 2.24) is 15.3 Å². The number of nitrogens with one attached hydrogen (secondary N) is 2. The van der Waals surface area contributed by atoms with Gasteiger partial charge in [0.15, 0.2) is 5.16 Å². The van der Waals surface area contributed by atoms with Crippen molar-refractivity contribution in [3.8, 4) is 5.75 Å². The summed E-state index contributed by atoms with van der Waals surface area (Å²) in [6.07, 6.45) is 0. The van der Waals surface area contributed by atoms with Crippen molar-refractivity contribution in [2.75, 3.05) is 12.9 Å². The first-order valence-electron chi connectivity index (χ1n) is 7.31. The summed E-state index contributed by atoms with van der Waals surface area (Å²) in [6.45, 7) is 0. The third-order valence-corrected chi connectivity index (χ3v) is 4.48. The Balaban J connectivity index is 1.56. The fourth-order valence-electron chi connectivity index (χ4n) is 2.14. The van der Waals surface area contributed by atoms with Crippen molar-refractivity contribution in [2.45, 2.75) is 5.16 Å². The van der Waals surface area contributed by atoms with E-state index in [4.69, 9.17) is 16.3 Å². The molecular weight excluding hydrogens is 362 g/mol. The minimum Gasteiger partial charge on any atom is -0.497 e. The molecule has 0 aliphatic heterocycles. The maximum Gasteiger partial charge on any atom is 0.257 e. The number of halogens is 1. The number of nitrogens with zero attached hydrogens (tertiary/aromatic N) is 1. The highest BCUT2D eigenvalue weighted by atomic mass is 35.5. The predicted octanol–water partition coefficient (Wildman–Crippen LogP) is 3.27. The lowest BCUT2D eigenvalue weighted by molar-refractivity contribution is -0.117. The number of carbonyl (C=O) groups excluding carboxylic acids is 2. The molecule has 25 heavy (non-hydrogen) atoms. The van der Waals surface area contributed by atoms with Crippen molar-refractivity contribution in [1.29, 1.82) is 0 Å². The van der Waals surface area contributed by atoms with Crippen LogP contribution in [0, 0.1) is 0 Å². The van der Waals surface area contributed by atoms with E-state index < -0.39 is 11.8 Å². The van der Waals surface area contributed by atoms with Crippen LogP contribution in [0.1, 0.15) is 10.4 Å². The third kappa shape index (κ3) is 4.32. The summed E-state index contributed by atoms with van der Waals surface area (Å²) in [5.41, 5.74) is 1.95. The van der Waals surface area contributed by atoms with Crippen LogP contribution in [0.3, 0.4) is 0 Å². The molecule has 0 aliphatic carbocycles. The number of aromatic nitrogens is 2. The zero-order chi connectivity index (χ0) is 17.8. The van der Waals surface area contributed by atoms with Crippen LogP contribution in [0.4, 0.5) is 0 Å². The van der Waals surface area contributed by atoms with Gasteiger partial charge in [-0.2, -0.15) is 0 Å². The lowest BCUT2D eigenvalue weighted by Crippen LogP contribution is -2.31. The van der Waals surface area contributed by atoms with Crippen molar-refractivity contribution in [3.63, 3.8) is 0 Å². The summed E-state index contributed by atoms with van der Waals surface area (Å²) in [5.74, 6) is -0.146. The van der Waals surface area contributed by atoms with Crippen molar-refractivity contribution < 1.29 is 14.3 Å². The molecule has 0 aliphatic rings. The summed E-state index contributed by atoms with van der Waals surface area (Å²) < 4.78 is 5.03. The second-order valence-electron chi connectivity index (χ2n) is 5.10. The first-order chi connectivity index (χ1) is 12.0. The number of ether oxygens (including phenoxy) is 1. The number of imidazole rings is 1. The van der Waals surface area contributed by atoms with Crippen LogP contribution < -0.4 is 10.1 Å². The summed E-state index contributed by atoms with van der Waals surface area (Å²) >= 11 is 7.14. The number of H-pyrrole nitrogens is 1. The molecule has 2 aromatic carbocycles. The van der Waals surface area contributed by atoms with Gasteiger partial charge in [0.1, 0.15) is 5.75 Å². The predicted molar refractivity (Wildman–Crippen MR) is 97.3 cm³/mol. The summed E-state index contributed by atoms with van der Waals surface area (Å²) in [5, 5.41) is 3.54. The topological polar surface area (TPSA) is 84.1 Å². The van der Waals surface area contributed by atoms with E-state index in [0.29, 0.717) is 21.5 Å². The number of rotatable bonds is 5. The normalized spacial score (nSPS) is 10.6. The van der Waals surface area contributed by atoms with Crippen LogP contribution in [0.5, 0.6) is 5.75 Å². The monoisotopic (exact) mass is 375 g/mol. The van der Waals surface area contributed by atoms with Gasteiger partial charge in [-0.05, 0) is 42.5 Å². The number of aromatic amines is 1. The Morgan fingerprint density at radius 3 is 2.72 bits per heavy atom. The maximum absolute atomic E-state index is 12.0. The fraction of sp³-hybridized carbons (Fsp3) is 0.118. The second kappa shape index (κ2) is 7.58. The Labute approximate surface area is 152 Å². The first-order valence-corrected chi connectivity index (χ1v) is 8.68. The van der Waals surface area contributed by atoms with Gasteiger partial charge in [0.2, 0.25) is 5.91 Å². The Hall–Kier alpha value is -2.51. The quantitative estimate of drug-likeness (QED) is 0.668. The highest BCUT2D eigenvalue weighted by Gasteiger charge is 2.12. The molecule has 2 N–H and O–H groups in total. The standard InChI is InChI=1S/C17H14ClN3O3S/c1-24-12-5-2-10(3-6-12)16(23)21-15(22)9-25-17-19-13-7-4-11(18)8-14(13)20-17/h2-8H,9H2,1H3,(H,19,20)(H,21,22,23). The Bertz CT molecular complexity index is 925. The molecular formula is C17H14ClN3O3S. The van der Waals surface area contributed by atoms with E-state index in [1.165, 1.54) is 11.8 Å². The SMILES string of the molecule is COc1ccc(C(=O)NC(=O)CSc2nc3ccc(Cl)cc3[nH]2)cc1. The maximum atomic E-state index is 12.0.